The van der Waals surface area contributed by atoms with Gasteiger partial charge >= 0.3 is 0 Å². The maximum atomic E-state index is 4.47. The van der Waals surface area contributed by atoms with E-state index in [0.717, 1.165) is 6.16 Å². The third-order valence-electron chi connectivity index (χ3n) is 5.45. The van der Waals surface area contributed by atoms with Crippen molar-refractivity contribution in [2.24, 2.45) is 0 Å². The zero-order valence-corrected chi connectivity index (χ0v) is 16.8. The average Bonchev–Trinajstić information content (AvgIpc) is 2.66. The van der Waals surface area contributed by atoms with Crippen LogP contribution < -0.4 is 0 Å². The Morgan fingerprint density at radius 3 is 1.81 bits per heavy atom. The maximum Gasteiger partial charge on any atom is -0.00778 e. The van der Waals surface area contributed by atoms with Crippen LogP contribution in [0.2, 0.25) is 0 Å². The minimum atomic E-state index is -1.17. The van der Waals surface area contributed by atoms with Gasteiger partial charge in [-0.05, 0) is 74.2 Å². The summed E-state index contributed by atoms with van der Waals surface area (Å²) in [6.45, 7) is 3.47. The van der Waals surface area contributed by atoms with Crippen molar-refractivity contribution in [3.8, 4) is 0 Å². The molecule has 0 radical (unpaired) electrons. The van der Waals surface area contributed by atoms with Gasteiger partial charge in [-0.3, -0.25) is 0 Å². The fourth-order valence-corrected chi connectivity index (χ4v) is 5.53. The van der Waals surface area contributed by atoms with Crippen LogP contribution in [0.5, 0.6) is 0 Å². The molecule has 0 unspecified atom stereocenters. The first kappa shape index (κ1) is 16.6. The summed E-state index contributed by atoms with van der Waals surface area (Å²) in [5.41, 5.74) is 1.44. The van der Waals surface area contributed by atoms with Gasteiger partial charge in [-0.15, -0.1) is 13.2 Å². The van der Waals surface area contributed by atoms with Crippen molar-refractivity contribution in [1.29, 1.82) is 0 Å². The molecule has 0 aliphatic rings. The van der Waals surface area contributed by atoms with E-state index in [0.29, 0.717) is 0 Å². The van der Waals surface area contributed by atoms with Gasteiger partial charge in [-0.1, -0.05) is 72.8 Å². The highest BCUT2D eigenvalue weighted by Gasteiger charge is 2.12. The molecule has 27 heavy (non-hydrogen) atoms. The van der Waals surface area contributed by atoms with E-state index < -0.39 is 6.89 Å². The summed E-state index contributed by atoms with van der Waals surface area (Å²) >= 11 is 0. The number of fused-ring (bicyclic) bond motifs is 7. The van der Waals surface area contributed by atoms with Crippen LogP contribution in [0, 0.1) is 0 Å². The molecule has 0 aliphatic carbocycles. The second kappa shape index (κ2) is 5.98. The second-order valence-corrected chi connectivity index (χ2v) is 12.4. The molecule has 0 aromatic heterocycles. The second-order valence-electron chi connectivity index (χ2n) is 8.22. The third kappa shape index (κ3) is 2.76. The summed E-state index contributed by atoms with van der Waals surface area (Å²) in [7, 11) is 0. The number of rotatable bonds is 2. The molecule has 5 aromatic carbocycles. The minimum absolute atomic E-state index is 1.08. The molecule has 5 rings (SSSR count). The Labute approximate surface area is 160 Å². The molecule has 0 saturated carbocycles. The first-order valence-electron chi connectivity index (χ1n) is 9.43. The van der Waals surface area contributed by atoms with Crippen molar-refractivity contribution in [3.05, 3.63) is 84.4 Å². The zero-order chi connectivity index (χ0) is 18.6. The minimum Gasteiger partial charge on any atom is -0.114 e. The lowest BCUT2D eigenvalue weighted by molar-refractivity contribution is 1.46. The molecule has 0 amide bonds. The normalized spacial score (nSPS) is 12.4. The molecule has 0 spiro atoms. The van der Waals surface area contributed by atoms with E-state index in [4.69, 9.17) is 0 Å². The van der Waals surface area contributed by atoms with Gasteiger partial charge in [-0.25, -0.2) is 0 Å². The highest BCUT2D eigenvalue weighted by atomic mass is 31.2. The van der Waals surface area contributed by atoms with Crippen LogP contribution in [0.25, 0.3) is 43.1 Å². The molecule has 5 aromatic rings. The summed E-state index contributed by atoms with van der Waals surface area (Å²) in [5, 5.41) is 10.8. The summed E-state index contributed by atoms with van der Waals surface area (Å²) < 4.78 is 0. The summed E-state index contributed by atoms with van der Waals surface area (Å²) in [6.07, 6.45) is 5.54. The van der Waals surface area contributed by atoms with E-state index >= 15 is 0 Å². The SMILES string of the molecule is C=P(C)(C)Cc1cc2c(ccc3c4ccccc4ccc32)c2ccccc12. The van der Waals surface area contributed by atoms with Crippen molar-refractivity contribution in [2.75, 3.05) is 13.3 Å². The van der Waals surface area contributed by atoms with Gasteiger partial charge < -0.3 is 0 Å². The number of hydrogen-bond donors (Lipinski definition) is 0. The topological polar surface area (TPSA) is 0 Å². The van der Waals surface area contributed by atoms with Crippen LogP contribution in [-0.2, 0) is 6.16 Å². The van der Waals surface area contributed by atoms with Crippen molar-refractivity contribution in [1.82, 2.24) is 0 Å². The molecular weight excluding hydrogens is 343 g/mol. The van der Waals surface area contributed by atoms with E-state index in [1.165, 1.54) is 48.7 Å². The molecule has 0 nitrogen and oxygen atoms in total. The van der Waals surface area contributed by atoms with E-state index in [1.807, 2.05) is 0 Å². The Hall–Kier alpha value is -2.56. The van der Waals surface area contributed by atoms with Crippen LogP contribution in [0.15, 0.2) is 78.9 Å². The Balaban J connectivity index is 1.96. The first-order valence-corrected chi connectivity index (χ1v) is 12.5. The van der Waals surface area contributed by atoms with Gasteiger partial charge in [0.1, 0.15) is 0 Å². The lowest BCUT2D eigenvalue weighted by atomic mass is 9.92. The lowest BCUT2D eigenvalue weighted by Gasteiger charge is -2.17. The van der Waals surface area contributed by atoms with Crippen LogP contribution in [0.1, 0.15) is 5.56 Å². The van der Waals surface area contributed by atoms with Crippen LogP contribution >= 0.6 is 6.89 Å². The Morgan fingerprint density at radius 1 is 0.593 bits per heavy atom. The van der Waals surface area contributed by atoms with Gasteiger partial charge in [0.25, 0.3) is 0 Å². The number of hydrogen-bond acceptors (Lipinski definition) is 0. The highest BCUT2D eigenvalue weighted by Crippen LogP contribution is 2.44. The molecule has 0 aliphatic heterocycles. The van der Waals surface area contributed by atoms with E-state index in [-0.39, 0.29) is 0 Å². The maximum absolute atomic E-state index is 4.47. The first-order chi connectivity index (χ1) is 13.0. The Bertz CT molecular complexity index is 1390. The summed E-state index contributed by atoms with van der Waals surface area (Å²) in [6, 6.07) is 29.1. The van der Waals surface area contributed by atoms with Crippen molar-refractivity contribution >= 4 is 56.3 Å². The third-order valence-corrected chi connectivity index (χ3v) is 6.64. The van der Waals surface area contributed by atoms with E-state index in [1.54, 1.807) is 0 Å². The molecule has 0 saturated heterocycles. The van der Waals surface area contributed by atoms with Crippen molar-refractivity contribution in [3.63, 3.8) is 0 Å². The molecule has 0 fully saturated rings. The quantitative estimate of drug-likeness (QED) is 0.224. The lowest BCUT2D eigenvalue weighted by Crippen LogP contribution is -1.91. The molecule has 0 bridgehead atoms. The largest absolute Gasteiger partial charge is 0.114 e. The Kier molecular flexibility index (Phi) is 3.67. The summed E-state index contributed by atoms with van der Waals surface area (Å²) in [5.74, 6) is 0. The van der Waals surface area contributed by atoms with E-state index in [2.05, 4.69) is 98.5 Å². The fraction of sp³-hybridized carbons (Fsp3) is 0.115. The monoisotopic (exact) mass is 366 g/mol. The van der Waals surface area contributed by atoms with Crippen LogP contribution in [0.4, 0.5) is 0 Å². The molecule has 0 N–H and O–H groups in total. The van der Waals surface area contributed by atoms with Gasteiger partial charge in [0.05, 0.1) is 0 Å². The Morgan fingerprint density at radius 2 is 1.11 bits per heavy atom. The molecule has 0 atom stereocenters. The van der Waals surface area contributed by atoms with E-state index in [9.17, 15) is 0 Å². The van der Waals surface area contributed by atoms with Gasteiger partial charge in [0, 0.05) is 0 Å². The smallest absolute Gasteiger partial charge is 0.00778 e. The molecule has 1 heteroatoms. The van der Waals surface area contributed by atoms with Gasteiger partial charge in [0.15, 0.2) is 0 Å². The predicted octanol–water partition coefficient (Wildman–Crippen LogP) is 7.51. The predicted molar refractivity (Wildman–Crippen MR) is 126 cm³/mol. The van der Waals surface area contributed by atoms with Crippen molar-refractivity contribution < 1.29 is 0 Å². The summed E-state index contributed by atoms with van der Waals surface area (Å²) in [4.78, 5) is 0. The number of benzene rings is 5. The van der Waals surface area contributed by atoms with Crippen LogP contribution in [-0.4, -0.2) is 19.6 Å². The molecule has 132 valence electrons. The molecular formula is C26H23P. The highest BCUT2D eigenvalue weighted by molar-refractivity contribution is 7.71. The van der Waals surface area contributed by atoms with Gasteiger partial charge in [0.2, 0.25) is 0 Å². The van der Waals surface area contributed by atoms with Crippen molar-refractivity contribution in [2.45, 2.75) is 6.16 Å². The fourth-order valence-electron chi connectivity index (χ4n) is 4.34. The zero-order valence-electron chi connectivity index (χ0n) is 15.9. The van der Waals surface area contributed by atoms with Crippen LogP contribution in [0.3, 0.4) is 0 Å². The molecule has 0 heterocycles. The standard InChI is InChI=1S/C26H23P/c1-27(2,3)17-19-16-26-24-13-12-18-8-4-5-9-20(18)23(24)14-15-25(26)22-11-7-6-10-21(19)22/h4-16H,1,17H2,2-3H3. The average molecular weight is 366 g/mol. The van der Waals surface area contributed by atoms with Gasteiger partial charge in [-0.2, -0.15) is 0 Å².